The van der Waals surface area contributed by atoms with E-state index in [2.05, 4.69) is 4.98 Å². The van der Waals surface area contributed by atoms with Crippen molar-refractivity contribution in [2.45, 2.75) is 6.61 Å². The third-order valence-electron chi connectivity index (χ3n) is 3.11. The Labute approximate surface area is 109 Å². The van der Waals surface area contributed by atoms with Crippen LogP contribution in [0.5, 0.6) is 0 Å². The molecule has 0 saturated heterocycles. The van der Waals surface area contributed by atoms with Crippen LogP contribution in [0.1, 0.15) is 5.56 Å². The second-order valence-corrected chi connectivity index (χ2v) is 4.55. The zero-order valence-electron chi connectivity index (χ0n) is 10.5. The fourth-order valence-electron chi connectivity index (χ4n) is 2.12. The molecule has 96 valence electrons. The predicted octanol–water partition coefficient (Wildman–Crippen LogP) is 0.611. The summed E-state index contributed by atoms with van der Waals surface area (Å²) in [5, 5.41) is 9.02. The van der Waals surface area contributed by atoms with Crippen molar-refractivity contribution in [3.63, 3.8) is 0 Å². The molecule has 0 aliphatic rings. The zero-order chi connectivity index (χ0) is 13.4. The first-order chi connectivity index (χ1) is 9.17. The van der Waals surface area contributed by atoms with E-state index in [1.54, 1.807) is 10.6 Å². The quantitative estimate of drug-likeness (QED) is 0.660. The zero-order valence-corrected chi connectivity index (χ0v) is 10.5. The molecule has 2 aromatic heterocycles. The number of aliphatic hydroxyl groups is 1. The Balaban J connectivity index is 2.16. The van der Waals surface area contributed by atoms with Crippen LogP contribution in [0.3, 0.4) is 0 Å². The smallest absolute Gasteiger partial charge is 0.299 e. The van der Waals surface area contributed by atoms with Crippen molar-refractivity contribution in [1.82, 2.24) is 9.38 Å². The molecule has 2 heterocycles. The SMILES string of the molecule is C[n+]1cc2c(=O)[nH]c(-c3ccc(CO)cc3)cn2c1. The Hall–Kier alpha value is -2.40. The van der Waals surface area contributed by atoms with Crippen LogP contribution in [0.25, 0.3) is 16.8 Å². The number of aliphatic hydroxyl groups excluding tert-OH is 1. The number of aryl methyl sites for hydroxylation is 1. The monoisotopic (exact) mass is 256 g/mol. The molecule has 0 aliphatic carbocycles. The van der Waals surface area contributed by atoms with Gasteiger partial charge in [0.05, 0.1) is 19.3 Å². The van der Waals surface area contributed by atoms with E-state index in [-0.39, 0.29) is 12.2 Å². The van der Waals surface area contributed by atoms with Gasteiger partial charge in [0.15, 0.2) is 0 Å². The summed E-state index contributed by atoms with van der Waals surface area (Å²) < 4.78 is 3.64. The second kappa shape index (κ2) is 4.37. The lowest BCUT2D eigenvalue weighted by Gasteiger charge is -2.01. The van der Waals surface area contributed by atoms with E-state index in [0.29, 0.717) is 5.52 Å². The number of fused-ring (bicyclic) bond motifs is 1. The highest BCUT2D eigenvalue weighted by Gasteiger charge is 2.10. The largest absolute Gasteiger partial charge is 0.392 e. The molecule has 0 spiro atoms. The molecule has 1 aromatic carbocycles. The van der Waals surface area contributed by atoms with Gasteiger partial charge in [-0.25, -0.2) is 4.57 Å². The van der Waals surface area contributed by atoms with E-state index in [0.717, 1.165) is 16.8 Å². The number of H-pyrrole nitrogens is 1. The highest BCUT2D eigenvalue weighted by atomic mass is 16.3. The lowest BCUT2D eigenvalue weighted by atomic mass is 10.1. The maximum absolute atomic E-state index is 12.0. The third kappa shape index (κ3) is 2.04. The van der Waals surface area contributed by atoms with Gasteiger partial charge >= 0.3 is 0 Å². The molecule has 0 aliphatic heterocycles. The van der Waals surface area contributed by atoms with Gasteiger partial charge in [-0.2, -0.15) is 4.40 Å². The summed E-state index contributed by atoms with van der Waals surface area (Å²) in [7, 11) is 1.88. The minimum absolute atomic E-state index is 0.0171. The van der Waals surface area contributed by atoms with Crippen molar-refractivity contribution < 1.29 is 9.67 Å². The third-order valence-corrected chi connectivity index (χ3v) is 3.11. The highest BCUT2D eigenvalue weighted by molar-refractivity contribution is 5.60. The van der Waals surface area contributed by atoms with Crippen molar-refractivity contribution in [2.75, 3.05) is 0 Å². The van der Waals surface area contributed by atoms with Crippen LogP contribution in [0.15, 0.2) is 47.8 Å². The van der Waals surface area contributed by atoms with Crippen LogP contribution in [-0.2, 0) is 13.7 Å². The molecule has 0 fully saturated rings. The molecule has 0 unspecified atom stereocenters. The maximum Gasteiger partial charge on any atom is 0.299 e. The molecular weight excluding hydrogens is 242 g/mol. The van der Waals surface area contributed by atoms with Gasteiger partial charge < -0.3 is 10.1 Å². The minimum atomic E-state index is -0.121. The molecule has 3 rings (SSSR count). The Bertz CT molecular complexity index is 785. The fraction of sp³-hybridized carbons (Fsp3) is 0.143. The predicted molar refractivity (Wildman–Crippen MR) is 70.6 cm³/mol. The van der Waals surface area contributed by atoms with E-state index in [1.807, 2.05) is 48.4 Å². The average Bonchev–Trinajstić information content (AvgIpc) is 2.80. The van der Waals surface area contributed by atoms with Gasteiger partial charge in [-0.15, -0.1) is 0 Å². The van der Waals surface area contributed by atoms with Crippen molar-refractivity contribution in [1.29, 1.82) is 0 Å². The first-order valence-corrected chi connectivity index (χ1v) is 5.98. The van der Waals surface area contributed by atoms with Gasteiger partial charge in [-0.3, -0.25) is 4.79 Å². The van der Waals surface area contributed by atoms with Crippen molar-refractivity contribution in [2.24, 2.45) is 7.05 Å². The van der Waals surface area contributed by atoms with Gasteiger partial charge in [0.2, 0.25) is 11.8 Å². The lowest BCUT2D eigenvalue weighted by molar-refractivity contribution is -0.670. The molecule has 0 atom stereocenters. The molecule has 0 saturated carbocycles. The first-order valence-electron chi connectivity index (χ1n) is 5.98. The number of benzene rings is 1. The van der Waals surface area contributed by atoms with Crippen molar-refractivity contribution in [3.8, 4) is 11.3 Å². The standard InChI is InChI=1S/C14H13N3O2/c1-16-7-13-14(19)15-12(6-17(13)9-16)11-4-2-10(8-18)3-5-11/h2-7,9,18H,8H2,1H3/p+1. The fourth-order valence-corrected chi connectivity index (χ4v) is 2.12. The van der Waals surface area contributed by atoms with Gasteiger partial charge in [-0.1, -0.05) is 24.3 Å². The normalized spacial score (nSPS) is 11.1. The number of aromatic amines is 1. The topological polar surface area (TPSA) is 61.4 Å². The highest BCUT2D eigenvalue weighted by Crippen LogP contribution is 2.16. The number of imidazole rings is 1. The van der Waals surface area contributed by atoms with Gasteiger partial charge in [0, 0.05) is 5.56 Å². The maximum atomic E-state index is 12.0. The summed E-state index contributed by atoms with van der Waals surface area (Å²) in [5.74, 6) is 0. The van der Waals surface area contributed by atoms with Gasteiger partial charge in [0.1, 0.15) is 12.4 Å². The summed E-state index contributed by atoms with van der Waals surface area (Å²) in [6.07, 6.45) is 5.50. The number of nitrogens with one attached hydrogen (secondary N) is 1. The first kappa shape index (κ1) is 11.7. The van der Waals surface area contributed by atoms with E-state index in [1.165, 1.54) is 0 Å². The minimum Gasteiger partial charge on any atom is -0.392 e. The van der Waals surface area contributed by atoms with Crippen LogP contribution < -0.4 is 10.1 Å². The van der Waals surface area contributed by atoms with Crippen LogP contribution in [-0.4, -0.2) is 14.5 Å². The van der Waals surface area contributed by atoms with E-state index in [4.69, 9.17) is 5.11 Å². The van der Waals surface area contributed by atoms with Crippen LogP contribution in [0.4, 0.5) is 0 Å². The number of aromatic nitrogens is 3. The molecule has 0 radical (unpaired) electrons. The van der Waals surface area contributed by atoms with E-state index < -0.39 is 0 Å². The Kier molecular flexibility index (Phi) is 2.68. The molecule has 0 bridgehead atoms. The molecule has 5 heteroatoms. The second-order valence-electron chi connectivity index (χ2n) is 4.55. The van der Waals surface area contributed by atoms with Gasteiger partial charge in [0.25, 0.3) is 5.56 Å². The van der Waals surface area contributed by atoms with Gasteiger partial charge in [-0.05, 0) is 5.56 Å². The molecule has 3 aromatic rings. The molecule has 0 amide bonds. The van der Waals surface area contributed by atoms with E-state index >= 15 is 0 Å². The Morgan fingerprint density at radius 1 is 1.32 bits per heavy atom. The average molecular weight is 256 g/mol. The number of nitrogens with zero attached hydrogens (tertiary/aromatic N) is 2. The van der Waals surface area contributed by atoms with Crippen LogP contribution in [0, 0.1) is 0 Å². The Morgan fingerprint density at radius 3 is 2.74 bits per heavy atom. The summed E-state index contributed by atoms with van der Waals surface area (Å²) in [5.41, 5.74) is 2.99. The number of hydrogen-bond acceptors (Lipinski definition) is 2. The summed E-state index contributed by atoms with van der Waals surface area (Å²) >= 11 is 0. The molecule has 2 N–H and O–H groups in total. The Morgan fingerprint density at radius 2 is 2.05 bits per heavy atom. The molecule has 19 heavy (non-hydrogen) atoms. The van der Waals surface area contributed by atoms with Crippen molar-refractivity contribution >= 4 is 5.52 Å². The van der Waals surface area contributed by atoms with Crippen LogP contribution >= 0.6 is 0 Å². The van der Waals surface area contributed by atoms with Crippen molar-refractivity contribution in [3.05, 3.63) is 58.9 Å². The summed E-state index contributed by atoms with van der Waals surface area (Å²) in [6, 6.07) is 7.44. The lowest BCUT2D eigenvalue weighted by Crippen LogP contribution is -2.23. The molecular formula is C14H14N3O2+. The number of hydrogen-bond donors (Lipinski definition) is 2. The summed E-state index contributed by atoms with van der Waals surface area (Å²) in [6.45, 7) is 0.0171. The number of rotatable bonds is 2. The van der Waals surface area contributed by atoms with Crippen LogP contribution in [0.2, 0.25) is 0 Å². The molecule has 5 nitrogen and oxygen atoms in total. The summed E-state index contributed by atoms with van der Waals surface area (Å²) in [4.78, 5) is 14.8. The van der Waals surface area contributed by atoms with E-state index in [9.17, 15) is 4.79 Å².